The first kappa shape index (κ1) is 17.0. The third kappa shape index (κ3) is 3.35. The minimum atomic E-state index is -0.953. The fourth-order valence-corrected chi connectivity index (χ4v) is 3.27. The number of carboxylic acids is 1. The molecular weight excluding hydrogens is 322 g/mol. The molecule has 0 aliphatic carbocycles. The van der Waals surface area contributed by atoms with Crippen LogP contribution in [0.25, 0.3) is 0 Å². The minimum Gasteiger partial charge on any atom is -0.496 e. The second-order valence-electron chi connectivity index (χ2n) is 6.18. The van der Waals surface area contributed by atoms with Gasteiger partial charge in [-0.05, 0) is 37.1 Å². The van der Waals surface area contributed by atoms with E-state index in [4.69, 9.17) is 4.74 Å². The van der Waals surface area contributed by atoms with Gasteiger partial charge in [0.05, 0.1) is 18.7 Å². The summed E-state index contributed by atoms with van der Waals surface area (Å²) in [5.74, 6) is -0.306. The van der Waals surface area contributed by atoms with Crippen molar-refractivity contribution in [1.29, 1.82) is 0 Å². The number of aromatic carboxylic acids is 1. The highest BCUT2D eigenvalue weighted by molar-refractivity contribution is 5.90. The molecule has 0 fully saturated rings. The normalized spacial score (nSPS) is 14.7. The number of ether oxygens (including phenoxy) is 1. The summed E-state index contributed by atoms with van der Waals surface area (Å²) in [6, 6.07) is 5.02. The van der Waals surface area contributed by atoms with Gasteiger partial charge in [0.15, 0.2) is 0 Å². The van der Waals surface area contributed by atoms with Crippen molar-refractivity contribution in [2.24, 2.45) is 0 Å². The van der Waals surface area contributed by atoms with Gasteiger partial charge in [-0.25, -0.2) is 4.79 Å². The number of carboxylic acid groups (broad SMARTS) is 1. The van der Waals surface area contributed by atoms with Crippen molar-refractivity contribution in [3.8, 4) is 5.75 Å². The first-order chi connectivity index (χ1) is 12.0. The van der Waals surface area contributed by atoms with Crippen LogP contribution in [0.1, 0.15) is 40.9 Å². The van der Waals surface area contributed by atoms with E-state index in [1.807, 2.05) is 19.2 Å². The summed E-state index contributed by atoms with van der Waals surface area (Å²) in [7, 11) is 1.55. The molecule has 0 bridgehead atoms. The zero-order valence-electron chi connectivity index (χ0n) is 14.3. The van der Waals surface area contributed by atoms with Crippen molar-refractivity contribution in [1.82, 2.24) is 14.7 Å². The molecule has 0 radical (unpaired) electrons. The zero-order valence-corrected chi connectivity index (χ0v) is 14.3. The summed E-state index contributed by atoms with van der Waals surface area (Å²) in [5, 5.41) is 13.5. The number of carbonyl (C=O) groups is 2. The number of amides is 1. The van der Waals surface area contributed by atoms with Crippen LogP contribution in [0.2, 0.25) is 0 Å². The van der Waals surface area contributed by atoms with E-state index in [0.29, 0.717) is 31.7 Å². The van der Waals surface area contributed by atoms with E-state index in [9.17, 15) is 14.7 Å². The number of carbonyl (C=O) groups excluding carboxylic acids is 1. The predicted octanol–water partition coefficient (Wildman–Crippen LogP) is 2.13. The molecule has 7 heteroatoms. The van der Waals surface area contributed by atoms with Gasteiger partial charge in [0, 0.05) is 37.5 Å². The quantitative estimate of drug-likeness (QED) is 0.899. The van der Waals surface area contributed by atoms with Gasteiger partial charge in [-0.1, -0.05) is 0 Å². The molecule has 1 atom stereocenters. The first-order valence-electron chi connectivity index (χ1n) is 8.20. The van der Waals surface area contributed by atoms with Crippen LogP contribution in [-0.2, 0) is 17.8 Å². The van der Waals surface area contributed by atoms with Crippen LogP contribution >= 0.6 is 0 Å². The van der Waals surface area contributed by atoms with Crippen molar-refractivity contribution in [2.45, 2.75) is 32.4 Å². The Morgan fingerprint density at radius 3 is 2.80 bits per heavy atom. The Labute approximate surface area is 145 Å². The summed E-state index contributed by atoms with van der Waals surface area (Å²) in [6.45, 7) is 2.82. The summed E-state index contributed by atoms with van der Waals surface area (Å²) in [4.78, 5) is 25.9. The van der Waals surface area contributed by atoms with Crippen LogP contribution in [-0.4, -0.2) is 45.3 Å². The van der Waals surface area contributed by atoms with E-state index in [1.165, 1.54) is 0 Å². The summed E-state index contributed by atoms with van der Waals surface area (Å²) in [5.41, 5.74) is 1.83. The monoisotopic (exact) mass is 343 g/mol. The molecule has 2 aromatic rings. The lowest BCUT2D eigenvalue weighted by atomic mass is 9.93. The van der Waals surface area contributed by atoms with E-state index in [0.717, 1.165) is 11.1 Å². The predicted molar refractivity (Wildman–Crippen MR) is 90.6 cm³/mol. The molecule has 7 nitrogen and oxygen atoms in total. The van der Waals surface area contributed by atoms with Gasteiger partial charge in [-0.15, -0.1) is 0 Å². The van der Waals surface area contributed by atoms with Gasteiger partial charge >= 0.3 is 5.97 Å². The van der Waals surface area contributed by atoms with E-state index >= 15 is 0 Å². The highest BCUT2D eigenvalue weighted by Gasteiger charge is 2.27. The molecule has 1 aromatic heterocycles. The van der Waals surface area contributed by atoms with Gasteiger partial charge in [0.25, 0.3) is 0 Å². The lowest BCUT2D eigenvalue weighted by Gasteiger charge is -2.31. The Balaban J connectivity index is 1.79. The molecule has 25 heavy (non-hydrogen) atoms. The summed E-state index contributed by atoms with van der Waals surface area (Å²) >= 11 is 0. The van der Waals surface area contributed by atoms with Crippen LogP contribution < -0.4 is 4.74 Å². The van der Waals surface area contributed by atoms with Crippen molar-refractivity contribution < 1.29 is 19.4 Å². The van der Waals surface area contributed by atoms with Crippen LogP contribution in [0.15, 0.2) is 30.6 Å². The Morgan fingerprint density at radius 2 is 2.16 bits per heavy atom. The van der Waals surface area contributed by atoms with Crippen molar-refractivity contribution in [2.75, 3.05) is 13.7 Å². The van der Waals surface area contributed by atoms with Gasteiger partial charge in [-0.2, -0.15) is 5.10 Å². The fraction of sp³-hybridized carbons (Fsp3) is 0.389. The number of benzene rings is 1. The Hall–Kier alpha value is -2.83. The van der Waals surface area contributed by atoms with E-state index < -0.39 is 5.97 Å². The van der Waals surface area contributed by atoms with Crippen LogP contribution in [0.3, 0.4) is 0 Å². The Kier molecular flexibility index (Phi) is 4.74. The molecule has 1 unspecified atom stereocenters. The number of aromatic nitrogens is 2. The molecule has 1 aliphatic rings. The standard InChI is InChI=1S/C18H21N3O4/c1-12(21-8-3-7-19-21)10-17(22)20-9-6-13-14(18(23)24)4-5-16(25-2)15(13)11-20/h3-5,7-8,12H,6,9-11H2,1-2H3,(H,23,24). The van der Waals surface area contributed by atoms with E-state index in [-0.39, 0.29) is 17.5 Å². The van der Waals surface area contributed by atoms with Crippen molar-refractivity contribution in [3.63, 3.8) is 0 Å². The maximum absolute atomic E-state index is 12.7. The zero-order chi connectivity index (χ0) is 18.0. The van der Waals surface area contributed by atoms with Gasteiger partial charge in [0.1, 0.15) is 5.75 Å². The highest BCUT2D eigenvalue weighted by atomic mass is 16.5. The number of methoxy groups -OCH3 is 1. The van der Waals surface area contributed by atoms with Gasteiger partial charge < -0.3 is 14.7 Å². The molecule has 1 amide bonds. The van der Waals surface area contributed by atoms with E-state index in [1.54, 1.807) is 35.0 Å². The number of hydrogen-bond donors (Lipinski definition) is 1. The average Bonchev–Trinajstić information content (AvgIpc) is 3.14. The molecule has 3 rings (SSSR count). The fourth-order valence-electron chi connectivity index (χ4n) is 3.27. The summed E-state index contributed by atoms with van der Waals surface area (Å²) in [6.07, 6.45) is 4.38. The van der Waals surface area contributed by atoms with Crippen LogP contribution in [0.4, 0.5) is 0 Å². The summed E-state index contributed by atoms with van der Waals surface area (Å²) < 4.78 is 7.13. The second-order valence-corrected chi connectivity index (χ2v) is 6.18. The Bertz CT molecular complexity index is 786. The molecule has 0 saturated carbocycles. The number of rotatable bonds is 5. The molecular formula is C18H21N3O4. The topological polar surface area (TPSA) is 84.7 Å². The number of nitrogens with zero attached hydrogens (tertiary/aromatic N) is 3. The maximum Gasteiger partial charge on any atom is 0.335 e. The van der Waals surface area contributed by atoms with E-state index in [2.05, 4.69) is 5.10 Å². The molecule has 1 N–H and O–H groups in total. The average molecular weight is 343 g/mol. The molecule has 132 valence electrons. The lowest BCUT2D eigenvalue weighted by Crippen LogP contribution is -2.37. The number of fused-ring (bicyclic) bond motifs is 1. The minimum absolute atomic E-state index is 0.0245. The lowest BCUT2D eigenvalue weighted by molar-refractivity contribution is -0.132. The SMILES string of the molecule is COc1ccc(C(=O)O)c2c1CN(C(=O)CC(C)n1cccn1)CC2. The van der Waals surface area contributed by atoms with Crippen LogP contribution in [0, 0.1) is 0 Å². The molecule has 1 aromatic carbocycles. The maximum atomic E-state index is 12.7. The molecule has 1 aliphatic heterocycles. The third-order valence-electron chi connectivity index (χ3n) is 4.62. The Morgan fingerprint density at radius 1 is 1.36 bits per heavy atom. The van der Waals surface area contributed by atoms with Gasteiger partial charge in [-0.3, -0.25) is 9.48 Å². The molecule has 0 saturated heterocycles. The largest absolute Gasteiger partial charge is 0.496 e. The van der Waals surface area contributed by atoms with Crippen molar-refractivity contribution in [3.05, 3.63) is 47.3 Å². The van der Waals surface area contributed by atoms with Gasteiger partial charge in [0.2, 0.25) is 5.91 Å². The second kappa shape index (κ2) is 6.96. The van der Waals surface area contributed by atoms with Crippen molar-refractivity contribution >= 4 is 11.9 Å². The number of hydrogen-bond acceptors (Lipinski definition) is 4. The van der Waals surface area contributed by atoms with Crippen LogP contribution in [0.5, 0.6) is 5.75 Å². The smallest absolute Gasteiger partial charge is 0.335 e. The highest BCUT2D eigenvalue weighted by Crippen LogP contribution is 2.31. The molecule has 2 heterocycles. The first-order valence-corrected chi connectivity index (χ1v) is 8.20. The molecule has 0 spiro atoms. The third-order valence-corrected chi connectivity index (χ3v) is 4.62.